The Kier molecular flexibility index (Phi) is 10.7. The highest BCUT2D eigenvalue weighted by molar-refractivity contribution is 6.33. The summed E-state index contributed by atoms with van der Waals surface area (Å²) in [6.45, 7) is 0. The summed E-state index contributed by atoms with van der Waals surface area (Å²) in [7, 11) is 0. The van der Waals surface area contributed by atoms with Gasteiger partial charge in [0.1, 0.15) is 0 Å². The number of fused-ring (bicyclic) bond motifs is 1. The number of halogens is 4. The maximum Gasteiger partial charge on any atom is 0.179 e. The quantitative estimate of drug-likeness (QED) is 0.277. The van der Waals surface area contributed by atoms with Gasteiger partial charge in [0.15, 0.2) is 5.78 Å². The Morgan fingerprint density at radius 1 is 1.04 bits per heavy atom. The molecule has 26 heavy (non-hydrogen) atoms. The largest absolute Gasteiger partial charge is 0.398 e. The number of carbonyl (C=O) groups is 1. The third-order valence-corrected chi connectivity index (χ3v) is 4.15. The van der Waals surface area contributed by atoms with Crippen molar-refractivity contribution in [2.75, 3.05) is 11.6 Å². The highest BCUT2D eigenvalue weighted by atomic mass is 35.5. The third-order valence-electron chi connectivity index (χ3n) is 3.17. The summed E-state index contributed by atoms with van der Waals surface area (Å²) < 4.78 is 0. The number of aromatic nitrogens is 2. The van der Waals surface area contributed by atoms with E-state index in [1.54, 1.807) is 12.1 Å². The minimum Gasteiger partial charge on any atom is -0.398 e. The predicted octanol–water partition coefficient (Wildman–Crippen LogP) is 6.57. The van der Waals surface area contributed by atoms with Gasteiger partial charge in [-0.25, -0.2) is 0 Å². The van der Waals surface area contributed by atoms with Crippen LogP contribution in [0.2, 0.25) is 10.0 Å². The molecule has 0 fully saturated rings. The average molecular weight is 437 g/mol. The summed E-state index contributed by atoms with van der Waals surface area (Å²) in [6, 6.07) is 10.3. The zero-order valence-corrected chi connectivity index (χ0v) is 15.3. The van der Waals surface area contributed by atoms with Crippen molar-refractivity contribution in [3.8, 4) is 0 Å². The predicted molar refractivity (Wildman–Crippen MR) is 115 cm³/mol. The fourth-order valence-corrected chi connectivity index (χ4v) is 2.67. The Balaban J connectivity index is 0.000000446. The summed E-state index contributed by atoms with van der Waals surface area (Å²) in [5.74, 6) is 0.137. The molecule has 0 saturated carbocycles. The first-order valence-electron chi connectivity index (χ1n) is 6.79. The highest BCUT2D eigenvalue weighted by Gasteiger charge is 2.08. The Labute approximate surface area is 173 Å². The molecule has 0 spiro atoms. The Hall–Kier alpha value is -1.46. The molecule has 0 aliphatic carbocycles. The van der Waals surface area contributed by atoms with Crippen LogP contribution in [-0.2, 0) is 5.88 Å². The van der Waals surface area contributed by atoms with Crippen molar-refractivity contribution < 1.29 is 4.79 Å². The second-order valence-corrected chi connectivity index (χ2v) is 6.19. The van der Waals surface area contributed by atoms with Gasteiger partial charge in [0.2, 0.25) is 0 Å². The van der Waals surface area contributed by atoms with Crippen LogP contribution in [0.4, 0.5) is 5.69 Å². The van der Waals surface area contributed by atoms with Crippen molar-refractivity contribution in [3.63, 3.8) is 0 Å². The van der Waals surface area contributed by atoms with E-state index in [1.807, 2.05) is 18.2 Å². The molecule has 0 saturated heterocycles. The standard InChI is InChI=1S/C8H6Cl2N2.C8H7Cl2NO.2CH4/c9-4-8-6-3-5(10)1-2-7(6)11-12-8;9-4-8(12)6-3-5(10)1-2-7(6)11;;/h1-3H,4H2,(H,11,12);1-3H,4,11H2;2*1H4. The molecule has 0 radical (unpaired) electrons. The third kappa shape index (κ3) is 6.06. The van der Waals surface area contributed by atoms with Gasteiger partial charge >= 0.3 is 0 Å². The van der Waals surface area contributed by atoms with Gasteiger partial charge in [-0.05, 0) is 36.4 Å². The van der Waals surface area contributed by atoms with E-state index in [1.165, 1.54) is 6.07 Å². The lowest BCUT2D eigenvalue weighted by Gasteiger charge is -2.01. The maximum absolute atomic E-state index is 11.1. The number of Topliss-reactive ketones (excluding diaryl/α,β-unsaturated/α-hetero) is 1. The number of carbonyl (C=O) groups excluding carboxylic acids is 1. The molecule has 0 amide bonds. The number of nitrogens with zero attached hydrogens (tertiary/aromatic N) is 1. The second kappa shape index (κ2) is 11.3. The van der Waals surface area contributed by atoms with Crippen LogP contribution >= 0.6 is 46.4 Å². The van der Waals surface area contributed by atoms with Crippen LogP contribution in [0.25, 0.3) is 10.9 Å². The molecule has 3 aromatic rings. The van der Waals surface area contributed by atoms with Crippen molar-refractivity contribution >= 4 is 68.8 Å². The molecule has 8 heteroatoms. The molecule has 0 unspecified atom stereocenters. The topological polar surface area (TPSA) is 71.8 Å². The highest BCUT2D eigenvalue weighted by Crippen LogP contribution is 2.21. The SMILES string of the molecule is C.C.ClCc1[nH]nc2ccc(Cl)cc12.Nc1ccc(Cl)cc1C(=O)CCl. The zero-order chi connectivity index (χ0) is 17.7. The molecule has 4 nitrogen and oxygen atoms in total. The number of H-pyrrole nitrogens is 1. The Morgan fingerprint density at radius 3 is 2.27 bits per heavy atom. The minimum absolute atomic E-state index is 0. The van der Waals surface area contributed by atoms with Crippen LogP contribution in [0.3, 0.4) is 0 Å². The van der Waals surface area contributed by atoms with E-state index in [9.17, 15) is 4.79 Å². The smallest absolute Gasteiger partial charge is 0.179 e. The fraction of sp³-hybridized carbons (Fsp3) is 0.222. The lowest BCUT2D eigenvalue weighted by atomic mass is 10.1. The molecule has 0 aliphatic heterocycles. The molecule has 1 heterocycles. The van der Waals surface area contributed by atoms with Crippen LogP contribution in [0, 0.1) is 0 Å². The van der Waals surface area contributed by atoms with Crippen LogP contribution in [0.1, 0.15) is 30.9 Å². The Morgan fingerprint density at radius 2 is 1.65 bits per heavy atom. The first-order valence-corrected chi connectivity index (χ1v) is 8.61. The number of anilines is 1. The number of ketones is 1. The van der Waals surface area contributed by atoms with Crippen molar-refractivity contribution in [3.05, 3.63) is 57.7 Å². The maximum atomic E-state index is 11.1. The lowest BCUT2D eigenvalue weighted by molar-refractivity contribution is 0.102. The summed E-state index contributed by atoms with van der Waals surface area (Å²) in [5.41, 5.74) is 8.13. The molecular weight excluding hydrogens is 416 g/mol. The molecule has 0 atom stereocenters. The molecule has 142 valence electrons. The van der Waals surface area contributed by atoms with Crippen molar-refractivity contribution in [1.82, 2.24) is 10.2 Å². The normalized spacial score (nSPS) is 9.54. The summed E-state index contributed by atoms with van der Waals surface area (Å²) >= 11 is 22.5. The Bertz CT molecular complexity index is 865. The van der Waals surface area contributed by atoms with Gasteiger partial charge in [-0.1, -0.05) is 38.1 Å². The summed E-state index contributed by atoms with van der Waals surface area (Å²) in [5, 5.41) is 9.10. The number of aromatic amines is 1. The van der Waals surface area contributed by atoms with Crippen molar-refractivity contribution in [2.24, 2.45) is 0 Å². The van der Waals surface area contributed by atoms with Crippen LogP contribution in [0.15, 0.2) is 36.4 Å². The summed E-state index contributed by atoms with van der Waals surface area (Å²) in [4.78, 5) is 11.1. The van der Waals surface area contributed by atoms with Gasteiger partial charge in [-0.3, -0.25) is 9.89 Å². The first kappa shape index (κ1) is 24.5. The number of benzene rings is 2. The van der Waals surface area contributed by atoms with Gasteiger partial charge in [0.05, 0.1) is 23.0 Å². The van der Waals surface area contributed by atoms with E-state index in [4.69, 9.17) is 52.1 Å². The van der Waals surface area contributed by atoms with Gasteiger partial charge in [0.25, 0.3) is 0 Å². The zero-order valence-electron chi connectivity index (χ0n) is 12.3. The van der Waals surface area contributed by atoms with Crippen LogP contribution in [-0.4, -0.2) is 21.9 Å². The molecular formula is C18H21Cl4N3O. The number of nitrogen functional groups attached to an aromatic ring is 1. The number of hydrogen-bond donors (Lipinski definition) is 2. The van der Waals surface area contributed by atoms with E-state index >= 15 is 0 Å². The molecule has 0 aliphatic rings. The van der Waals surface area contributed by atoms with Gasteiger partial charge in [-0.2, -0.15) is 5.10 Å². The molecule has 3 rings (SSSR count). The van der Waals surface area contributed by atoms with E-state index in [2.05, 4.69) is 10.2 Å². The van der Waals surface area contributed by atoms with Gasteiger partial charge in [-0.15, -0.1) is 23.2 Å². The second-order valence-electron chi connectivity index (χ2n) is 4.79. The van der Waals surface area contributed by atoms with E-state index in [0.717, 1.165) is 16.6 Å². The van der Waals surface area contributed by atoms with E-state index in [-0.39, 0.29) is 26.5 Å². The number of rotatable bonds is 3. The van der Waals surface area contributed by atoms with Crippen molar-refractivity contribution in [1.29, 1.82) is 0 Å². The minimum atomic E-state index is -0.211. The van der Waals surface area contributed by atoms with Gasteiger partial charge in [0, 0.05) is 26.7 Å². The van der Waals surface area contributed by atoms with Crippen molar-refractivity contribution in [2.45, 2.75) is 20.7 Å². The first-order chi connectivity index (χ1) is 11.5. The number of nitrogens with two attached hydrogens (primary N) is 1. The van der Waals surface area contributed by atoms with Gasteiger partial charge < -0.3 is 5.73 Å². The van der Waals surface area contributed by atoms with Crippen LogP contribution in [0.5, 0.6) is 0 Å². The molecule has 1 aromatic heterocycles. The molecule has 3 N–H and O–H groups in total. The van der Waals surface area contributed by atoms with E-state index < -0.39 is 0 Å². The number of nitrogens with one attached hydrogen (secondary N) is 1. The van der Waals surface area contributed by atoms with E-state index in [0.29, 0.717) is 27.2 Å². The molecule has 0 bridgehead atoms. The fourth-order valence-electron chi connectivity index (χ4n) is 1.98. The number of hydrogen-bond acceptors (Lipinski definition) is 3. The summed E-state index contributed by atoms with van der Waals surface area (Å²) in [6.07, 6.45) is 0. The lowest BCUT2D eigenvalue weighted by Crippen LogP contribution is -2.04. The monoisotopic (exact) mass is 435 g/mol. The number of alkyl halides is 2. The average Bonchev–Trinajstić information content (AvgIpc) is 2.99. The molecule has 2 aromatic carbocycles. The van der Waals surface area contributed by atoms with Crippen LogP contribution < -0.4 is 5.73 Å².